The van der Waals surface area contributed by atoms with Crippen molar-refractivity contribution in [2.45, 2.75) is 32.4 Å². The normalized spacial score (nSPS) is 13.8. The van der Waals surface area contributed by atoms with Crippen molar-refractivity contribution >= 4 is 15.9 Å². The zero-order valence-electron chi connectivity index (χ0n) is 10.4. The van der Waals surface area contributed by atoms with Crippen molar-refractivity contribution in [1.29, 1.82) is 0 Å². The molecule has 0 radical (unpaired) electrons. The summed E-state index contributed by atoms with van der Waals surface area (Å²) in [6.45, 7) is 7.28. The maximum atomic E-state index is 5.49. The summed E-state index contributed by atoms with van der Waals surface area (Å²) in [5.41, 5.74) is 1.31. The molecule has 0 saturated carbocycles. The Bertz CT molecular complexity index is 316. The largest absolute Gasteiger partial charge is 0.375 e. The van der Waals surface area contributed by atoms with Gasteiger partial charge in [0, 0.05) is 23.7 Å². The van der Waals surface area contributed by atoms with Gasteiger partial charge < -0.3 is 10.1 Å². The molecule has 1 unspecified atom stereocenters. The zero-order valence-corrected chi connectivity index (χ0v) is 12.0. The van der Waals surface area contributed by atoms with Gasteiger partial charge in [-0.3, -0.25) is 0 Å². The minimum Gasteiger partial charge on any atom is -0.375 e. The van der Waals surface area contributed by atoms with Crippen LogP contribution < -0.4 is 5.32 Å². The van der Waals surface area contributed by atoms with Gasteiger partial charge in [-0.15, -0.1) is 0 Å². The van der Waals surface area contributed by atoms with E-state index in [0.717, 1.165) is 11.0 Å². The molecular formula is C13H20BrNO. The molecule has 0 aliphatic heterocycles. The van der Waals surface area contributed by atoms with Crippen LogP contribution in [0.2, 0.25) is 0 Å². The van der Waals surface area contributed by atoms with Crippen LogP contribution in [0.1, 0.15) is 32.4 Å². The van der Waals surface area contributed by atoms with Gasteiger partial charge in [0.2, 0.25) is 0 Å². The first-order chi connectivity index (χ1) is 7.42. The molecule has 1 aromatic rings. The van der Waals surface area contributed by atoms with Crippen LogP contribution in [-0.2, 0) is 4.74 Å². The van der Waals surface area contributed by atoms with Gasteiger partial charge in [0.25, 0.3) is 0 Å². The van der Waals surface area contributed by atoms with E-state index in [0.29, 0.717) is 0 Å². The minimum absolute atomic E-state index is 0.104. The van der Waals surface area contributed by atoms with Gasteiger partial charge in [0.05, 0.1) is 6.10 Å². The van der Waals surface area contributed by atoms with Crippen molar-refractivity contribution in [3.8, 4) is 0 Å². The highest BCUT2D eigenvalue weighted by Gasteiger charge is 2.15. The number of hydrogen-bond acceptors (Lipinski definition) is 2. The first-order valence-electron chi connectivity index (χ1n) is 5.45. The van der Waals surface area contributed by atoms with E-state index in [2.05, 4.69) is 54.2 Å². The molecule has 0 aliphatic carbocycles. The van der Waals surface area contributed by atoms with E-state index < -0.39 is 0 Å². The number of nitrogens with one attached hydrogen (secondary N) is 1. The Kier molecular flexibility index (Phi) is 4.96. The number of rotatable bonds is 4. The Morgan fingerprint density at radius 2 is 1.81 bits per heavy atom. The van der Waals surface area contributed by atoms with Gasteiger partial charge >= 0.3 is 0 Å². The molecule has 1 aromatic carbocycles. The molecule has 0 aromatic heterocycles. The molecule has 0 fully saturated rings. The fourth-order valence-electron chi connectivity index (χ4n) is 1.41. The lowest BCUT2D eigenvalue weighted by atomic mass is 10.1. The molecule has 90 valence electrons. The second-order valence-electron chi connectivity index (χ2n) is 4.91. The third-order valence-corrected chi connectivity index (χ3v) is 2.87. The van der Waals surface area contributed by atoms with Crippen molar-refractivity contribution in [3.63, 3.8) is 0 Å². The first kappa shape index (κ1) is 13.7. The molecule has 16 heavy (non-hydrogen) atoms. The van der Waals surface area contributed by atoms with Crippen molar-refractivity contribution in [2.75, 3.05) is 13.7 Å². The fourth-order valence-corrected chi connectivity index (χ4v) is 1.68. The average Bonchev–Trinajstić information content (AvgIpc) is 2.20. The second-order valence-corrected chi connectivity index (χ2v) is 5.82. The maximum Gasteiger partial charge on any atom is 0.0945 e. The van der Waals surface area contributed by atoms with Crippen LogP contribution >= 0.6 is 15.9 Å². The summed E-state index contributed by atoms with van der Waals surface area (Å²) in [5, 5.41) is 3.45. The Labute approximate surface area is 107 Å². The van der Waals surface area contributed by atoms with E-state index in [-0.39, 0.29) is 11.6 Å². The van der Waals surface area contributed by atoms with Gasteiger partial charge in [-0.1, -0.05) is 28.1 Å². The number of hydrogen-bond donors (Lipinski definition) is 1. The molecule has 1 atom stereocenters. The average molecular weight is 286 g/mol. The van der Waals surface area contributed by atoms with E-state index in [1.54, 1.807) is 7.11 Å². The number of benzene rings is 1. The number of methoxy groups -OCH3 is 1. The van der Waals surface area contributed by atoms with Crippen molar-refractivity contribution < 1.29 is 4.74 Å². The number of ether oxygens (including phenoxy) is 1. The highest BCUT2D eigenvalue weighted by molar-refractivity contribution is 9.10. The summed E-state index contributed by atoms with van der Waals surface area (Å²) in [6.07, 6.45) is 0.104. The summed E-state index contributed by atoms with van der Waals surface area (Å²) in [5.74, 6) is 0. The lowest BCUT2D eigenvalue weighted by Crippen LogP contribution is -2.38. The predicted octanol–water partition coefficient (Wildman–Crippen LogP) is 3.52. The van der Waals surface area contributed by atoms with Crippen LogP contribution in [0.4, 0.5) is 0 Å². The Morgan fingerprint density at radius 3 is 2.25 bits per heavy atom. The van der Waals surface area contributed by atoms with Gasteiger partial charge in [0.15, 0.2) is 0 Å². The minimum atomic E-state index is 0.104. The monoisotopic (exact) mass is 285 g/mol. The van der Waals surface area contributed by atoms with Crippen LogP contribution in [0.5, 0.6) is 0 Å². The third kappa shape index (κ3) is 4.64. The zero-order chi connectivity index (χ0) is 12.2. The lowest BCUT2D eigenvalue weighted by Gasteiger charge is -2.24. The SMILES string of the molecule is COC(CNC(C)(C)C)c1ccc(Br)cc1. The summed E-state index contributed by atoms with van der Waals surface area (Å²) in [6, 6.07) is 8.25. The molecule has 1 rings (SSSR count). The quantitative estimate of drug-likeness (QED) is 0.914. The fraction of sp³-hybridized carbons (Fsp3) is 0.538. The molecule has 0 bridgehead atoms. The molecule has 0 heterocycles. The Morgan fingerprint density at radius 1 is 1.25 bits per heavy atom. The second kappa shape index (κ2) is 5.80. The molecule has 2 nitrogen and oxygen atoms in total. The standard InChI is InChI=1S/C13H20BrNO/c1-13(2,3)15-9-12(16-4)10-5-7-11(14)8-6-10/h5-8,12,15H,9H2,1-4H3. The van der Waals surface area contributed by atoms with Gasteiger partial charge in [-0.2, -0.15) is 0 Å². The maximum absolute atomic E-state index is 5.49. The summed E-state index contributed by atoms with van der Waals surface area (Å²) in [4.78, 5) is 0. The Balaban J connectivity index is 2.64. The summed E-state index contributed by atoms with van der Waals surface area (Å²) < 4.78 is 6.59. The van der Waals surface area contributed by atoms with Crippen LogP contribution in [0, 0.1) is 0 Å². The predicted molar refractivity (Wildman–Crippen MR) is 71.6 cm³/mol. The molecule has 3 heteroatoms. The van der Waals surface area contributed by atoms with Crippen molar-refractivity contribution in [1.82, 2.24) is 5.32 Å². The topological polar surface area (TPSA) is 21.3 Å². The highest BCUT2D eigenvalue weighted by Crippen LogP contribution is 2.19. The first-order valence-corrected chi connectivity index (χ1v) is 6.25. The molecule has 0 amide bonds. The van der Waals surface area contributed by atoms with Crippen LogP contribution in [0.25, 0.3) is 0 Å². The van der Waals surface area contributed by atoms with Gasteiger partial charge in [-0.25, -0.2) is 0 Å². The van der Waals surface area contributed by atoms with E-state index in [1.165, 1.54) is 5.56 Å². The van der Waals surface area contributed by atoms with E-state index >= 15 is 0 Å². The van der Waals surface area contributed by atoms with Crippen LogP contribution in [0.15, 0.2) is 28.7 Å². The van der Waals surface area contributed by atoms with E-state index in [9.17, 15) is 0 Å². The molecule has 0 aliphatic rings. The molecular weight excluding hydrogens is 266 g/mol. The van der Waals surface area contributed by atoms with Gasteiger partial charge in [-0.05, 0) is 38.5 Å². The van der Waals surface area contributed by atoms with Crippen LogP contribution in [-0.4, -0.2) is 19.2 Å². The van der Waals surface area contributed by atoms with Crippen molar-refractivity contribution in [2.24, 2.45) is 0 Å². The highest BCUT2D eigenvalue weighted by atomic mass is 79.9. The molecule has 1 N–H and O–H groups in total. The number of halogens is 1. The van der Waals surface area contributed by atoms with Gasteiger partial charge in [0.1, 0.15) is 0 Å². The smallest absolute Gasteiger partial charge is 0.0945 e. The molecule has 0 spiro atoms. The lowest BCUT2D eigenvalue weighted by molar-refractivity contribution is 0.0959. The van der Waals surface area contributed by atoms with E-state index in [1.807, 2.05) is 12.1 Å². The third-order valence-electron chi connectivity index (χ3n) is 2.34. The molecule has 0 saturated heterocycles. The Hall–Kier alpha value is -0.380. The summed E-state index contributed by atoms with van der Waals surface area (Å²) >= 11 is 3.43. The van der Waals surface area contributed by atoms with E-state index in [4.69, 9.17) is 4.74 Å². The van der Waals surface area contributed by atoms with Crippen LogP contribution in [0.3, 0.4) is 0 Å². The summed E-state index contributed by atoms with van der Waals surface area (Å²) in [7, 11) is 1.75. The van der Waals surface area contributed by atoms with Crippen molar-refractivity contribution in [3.05, 3.63) is 34.3 Å².